The minimum atomic E-state index is -3.29. The number of benzene rings is 4. The van der Waals surface area contributed by atoms with Crippen LogP contribution in [0.2, 0.25) is 0 Å². The van der Waals surface area contributed by atoms with Crippen LogP contribution in [0.1, 0.15) is 79.4 Å². The Morgan fingerprint density at radius 3 is 1.93 bits per heavy atom. The molecule has 0 bridgehead atoms. The average Bonchev–Trinajstić information content (AvgIpc) is 3.62. The van der Waals surface area contributed by atoms with Crippen molar-refractivity contribution >= 4 is 19.6 Å². The number of hydrogen-bond acceptors (Lipinski definition) is 9. The molecule has 1 aliphatic rings. The van der Waals surface area contributed by atoms with Crippen LogP contribution < -0.4 is 16.3 Å². The number of carbonyl (C=O) groups is 1. The Bertz CT molecular complexity index is 2080. The third-order valence-electron chi connectivity index (χ3n) is 10.4. The van der Waals surface area contributed by atoms with E-state index in [4.69, 9.17) is 9.26 Å². The number of aryl methyl sites for hydroxylation is 1. The van der Waals surface area contributed by atoms with Gasteiger partial charge in [0.1, 0.15) is 30.9 Å². The molecule has 0 saturated carbocycles. The molecular formula is C45H52N6O5P+. The molecule has 57 heavy (non-hydrogen) atoms. The van der Waals surface area contributed by atoms with Crippen molar-refractivity contribution in [3.05, 3.63) is 166 Å². The van der Waals surface area contributed by atoms with E-state index in [9.17, 15) is 19.7 Å². The summed E-state index contributed by atoms with van der Waals surface area (Å²) in [4.78, 5) is 43.4. The Labute approximate surface area is 335 Å². The number of anilines is 1. The first-order chi connectivity index (χ1) is 27.5. The number of nitrogens with one attached hydrogen (secondary N) is 2. The van der Waals surface area contributed by atoms with Gasteiger partial charge >= 0.3 is 13.6 Å². The van der Waals surface area contributed by atoms with Crippen LogP contribution in [-0.2, 0) is 14.8 Å². The van der Waals surface area contributed by atoms with Gasteiger partial charge in [-0.2, -0.15) is 14.8 Å². The highest BCUT2D eigenvalue weighted by Gasteiger charge is 2.51. The summed E-state index contributed by atoms with van der Waals surface area (Å²) in [6.45, 7) is 9.81. The summed E-state index contributed by atoms with van der Waals surface area (Å²) in [6.07, 6.45) is 0.870. The molecule has 0 aliphatic carbocycles. The van der Waals surface area contributed by atoms with Gasteiger partial charge in [0.25, 0.3) is 5.91 Å². The number of ether oxygens (including phenoxy) is 1. The lowest BCUT2D eigenvalue weighted by molar-refractivity contribution is -0.0284. The standard InChI is InChI=1S/C45H51N6O5P/c1-32(2)51(33(3)4)57(54,28-18-27-46)55-31-40-39(29-41(56-40)50-30-34(5)42(48-44(50)53)47-43(52)35-19-10-6-11-20-35)49-45(36-21-12-7-13-22-36,37-23-14-8-15-24-37)38-25-16-9-17-26-38/h6-17,19-26,30,32-33,39-41,49,54H,18,28-29,31H2,1-5H3/p+1/t39-,40+,41+,57?/m0/s1. The van der Waals surface area contributed by atoms with Crippen molar-refractivity contribution in [2.24, 2.45) is 0 Å². The second-order valence-electron chi connectivity index (χ2n) is 14.9. The molecule has 5 aromatic rings. The van der Waals surface area contributed by atoms with E-state index in [1.54, 1.807) is 37.4 Å². The van der Waals surface area contributed by atoms with Crippen LogP contribution in [-0.4, -0.2) is 62.0 Å². The number of aromatic nitrogens is 2. The third kappa shape index (κ3) is 9.24. The number of nitriles is 1. The summed E-state index contributed by atoms with van der Waals surface area (Å²) in [5.74, 6) is -0.200. The molecule has 1 amide bonds. The van der Waals surface area contributed by atoms with Crippen LogP contribution in [0, 0.1) is 18.3 Å². The van der Waals surface area contributed by atoms with Crippen molar-refractivity contribution in [2.45, 2.75) is 83.5 Å². The van der Waals surface area contributed by atoms with E-state index in [2.05, 4.69) is 58.1 Å². The molecule has 12 heteroatoms. The SMILES string of the molecule is Cc1cn([C@H]2C[C@H](NC(c3ccccc3)(c3ccccc3)c3ccccc3)[C@@H](CO[P+](O)(CCC#N)N(C(C)C)C(C)C)O2)c(=O)nc1NC(=O)c1ccccc1. The molecule has 0 spiro atoms. The molecule has 1 unspecified atom stereocenters. The van der Waals surface area contributed by atoms with Gasteiger partial charge in [0, 0.05) is 41.9 Å². The molecule has 296 valence electrons. The predicted octanol–water partition coefficient (Wildman–Crippen LogP) is 7.85. The summed E-state index contributed by atoms with van der Waals surface area (Å²) in [5, 5.41) is 16.4. The van der Waals surface area contributed by atoms with E-state index in [1.807, 2.05) is 93.0 Å². The molecule has 1 saturated heterocycles. The molecule has 1 aliphatic heterocycles. The third-order valence-corrected chi connectivity index (χ3v) is 13.4. The van der Waals surface area contributed by atoms with Gasteiger partial charge in [-0.05, 0) is 63.4 Å². The summed E-state index contributed by atoms with van der Waals surface area (Å²) in [7, 11) is -3.29. The lowest BCUT2D eigenvalue weighted by atomic mass is 9.76. The highest BCUT2D eigenvalue weighted by Crippen LogP contribution is 2.62. The topological polar surface area (TPSA) is 142 Å². The maximum absolute atomic E-state index is 13.8. The van der Waals surface area contributed by atoms with E-state index in [1.165, 1.54) is 4.57 Å². The summed E-state index contributed by atoms with van der Waals surface area (Å²) in [5.41, 5.74) is 2.58. The molecular weight excluding hydrogens is 736 g/mol. The summed E-state index contributed by atoms with van der Waals surface area (Å²) >= 11 is 0. The monoisotopic (exact) mass is 787 g/mol. The first-order valence-electron chi connectivity index (χ1n) is 19.4. The van der Waals surface area contributed by atoms with E-state index in [0.717, 1.165) is 16.7 Å². The average molecular weight is 788 g/mol. The first kappa shape index (κ1) is 41.6. The predicted molar refractivity (Wildman–Crippen MR) is 225 cm³/mol. The lowest BCUT2D eigenvalue weighted by Crippen LogP contribution is -2.53. The lowest BCUT2D eigenvalue weighted by Gasteiger charge is -2.40. The minimum Gasteiger partial charge on any atom is -0.350 e. The van der Waals surface area contributed by atoms with Gasteiger partial charge in [0.2, 0.25) is 0 Å². The van der Waals surface area contributed by atoms with E-state index < -0.39 is 37.5 Å². The Kier molecular flexibility index (Phi) is 13.5. The van der Waals surface area contributed by atoms with Gasteiger partial charge in [-0.15, -0.1) is 4.67 Å². The van der Waals surface area contributed by atoms with Crippen molar-refractivity contribution in [2.75, 3.05) is 18.1 Å². The molecule has 6 rings (SSSR count). The van der Waals surface area contributed by atoms with Crippen molar-refractivity contribution in [3.63, 3.8) is 0 Å². The highest BCUT2D eigenvalue weighted by atomic mass is 31.2. The number of amides is 1. The highest BCUT2D eigenvalue weighted by molar-refractivity contribution is 7.63. The Morgan fingerprint density at radius 1 is 0.930 bits per heavy atom. The maximum atomic E-state index is 13.8. The van der Waals surface area contributed by atoms with Crippen LogP contribution >= 0.6 is 7.87 Å². The largest absolute Gasteiger partial charge is 0.351 e. The zero-order chi connectivity index (χ0) is 40.6. The number of nitrogens with zero attached hydrogens (tertiary/aromatic N) is 4. The van der Waals surface area contributed by atoms with Gasteiger partial charge in [0.05, 0.1) is 18.0 Å². The zero-order valence-corrected chi connectivity index (χ0v) is 34.1. The first-order valence-corrected chi connectivity index (χ1v) is 21.2. The quantitative estimate of drug-likeness (QED) is 0.0674. The van der Waals surface area contributed by atoms with Crippen LogP contribution in [0.3, 0.4) is 0 Å². The van der Waals surface area contributed by atoms with E-state index in [-0.39, 0.29) is 43.0 Å². The van der Waals surface area contributed by atoms with Gasteiger partial charge in [-0.3, -0.25) is 14.7 Å². The Balaban J connectivity index is 1.42. The maximum Gasteiger partial charge on any atom is 0.351 e. The second kappa shape index (κ2) is 18.5. The zero-order valence-electron chi connectivity index (χ0n) is 33.2. The Morgan fingerprint density at radius 2 is 1.44 bits per heavy atom. The smallest absolute Gasteiger partial charge is 0.350 e. The van der Waals surface area contributed by atoms with Crippen molar-refractivity contribution in [1.82, 2.24) is 19.5 Å². The molecule has 4 atom stereocenters. The normalized spacial score (nSPS) is 18.1. The van der Waals surface area contributed by atoms with Gasteiger partial charge in [-0.1, -0.05) is 109 Å². The molecule has 1 aromatic heterocycles. The van der Waals surface area contributed by atoms with E-state index in [0.29, 0.717) is 17.5 Å². The van der Waals surface area contributed by atoms with Crippen LogP contribution in [0.4, 0.5) is 5.82 Å². The van der Waals surface area contributed by atoms with Crippen molar-refractivity contribution in [3.8, 4) is 6.07 Å². The molecule has 0 radical (unpaired) electrons. The van der Waals surface area contributed by atoms with Crippen LogP contribution in [0.15, 0.2) is 132 Å². The number of carbonyl (C=O) groups excluding carboxylic acids is 1. The minimum absolute atomic E-state index is 0.0133. The van der Waals surface area contributed by atoms with Gasteiger partial charge in [0.15, 0.2) is 0 Å². The van der Waals surface area contributed by atoms with E-state index >= 15 is 0 Å². The summed E-state index contributed by atoms with van der Waals surface area (Å²) < 4.78 is 16.9. The van der Waals surface area contributed by atoms with Crippen molar-refractivity contribution < 1.29 is 18.9 Å². The van der Waals surface area contributed by atoms with Gasteiger partial charge < -0.3 is 10.1 Å². The Hall–Kier alpha value is -5.05. The fourth-order valence-electron chi connectivity index (χ4n) is 7.92. The molecule has 1 fully saturated rings. The van der Waals surface area contributed by atoms with Crippen LogP contribution in [0.25, 0.3) is 0 Å². The molecule has 4 aromatic carbocycles. The molecule has 3 N–H and O–H groups in total. The fourth-order valence-corrected chi connectivity index (χ4v) is 10.6. The fraction of sp³-hybridized carbons (Fsp3) is 0.333. The van der Waals surface area contributed by atoms with Gasteiger partial charge in [-0.25, -0.2) is 9.69 Å². The molecule has 11 nitrogen and oxygen atoms in total. The number of hydrogen-bond donors (Lipinski definition) is 3. The van der Waals surface area contributed by atoms with Crippen LogP contribution in [0.5, 0.6) is 0 Å². The second-order valence-corrected chi connectivity index (χ2v) is 17.4. The number of rotatable bonds is 16. The summed E-state index contributed by atoms with van der Waals surface area (Å²) in [6, 6.07) is 41.1. The van der Waals surface area contributed by atoms with Crippen molar-refractivity contribution in [1.29, 1.82) is 5.26 Å². The molecule has 2 heterocycles.